The zero-order chi connectivity index (χ0) is 10.7. The Morgan fingerprint density at radius 2 is 1.54 bits per heavy atom. The number of hydrogen-bond acceptors (Lipinski definition) is 1. The molecule has 13 heavy (non-hydrogen) atoms. The summed E-state index contributed by atoms with van der Waals surface area (Å²) in [4.78, 5) is 11.6. The molecule has 1 N–H and O–H groups in total. The molecule has 0 rings (SSSR count). The third-order valence-corrected chi connectivity index (χ3v) is 2.87. The van der Waals surface area contributed by atoms with E-state index < -0.39 is 11.0 Å². The van der Waals surface area contributed by atoms with E-state index in [-0.39, 0.29) is 5.91 Å². The van der Waals surface area contributed by atoms with E-state index in [2.05, 4.69) is 5.32 Å². The van der Waals surface area contributed by atoms with Crippen molar-refractivity contribution in [1.29, 1.82) is 0 Å². The molecule has 0 saturated heterocycles. The first-order valence-electron chi connectivity index (χ1n) is 4.20. The normalized spacial score (nSPS) is 12.8. The number of carbonyl (C=O) groups excluding carboxylic acids is 1. The highest BCUT2D eigenvalue weighted by atomic mass is 35.5. The van der Waals surface area contributed by atoms with Crippen molar-refractivity contribution in [3.8, 4) is 0 Å². The molecule has 0 heterocycles. The Morgan fingerprint density at radius 1 is 1.15 bits per heavy atom. The lowest BCUT2D eigenvalue weighted by Crippen LogP contribution is -2.52. The topological polar surface area (TPSA) is 29.1 Å². The summed E-state index contributed by atoms with van der Waals surface area (Å²) in [5.41, 5.74) is -0.910. The highest BCUT2D eigenvalue weighted by Crippen LogP contribution is 2.17. The molecular formula is C9H17Cl2NO. The van der Waals surface area contributed by atoms with E-state index >= 15 is 0 Å². The van der Waals surface area contributed by atoms with E-state index in [9.17, 15) is 4.79 Å². The molecule has 0 bridgehead atoms. The van der Waals surface area contributed by atoms with Crippen LogP contribution in [0.5, 0.6) is 0 Å². The summed E-state index contributed by atoms with van der Waals surface area (Å²) in [6.07, 6.45) is 0. The first-order chi connectivity index (χ1) is 5.75. The van der Waals surface area contributed by atoms with Crippen molar-refractivity contribution in [1.82, 2.24) is 5.32 Å². The standard InChI is InChI=1S/C9H17Cl2NO/c1-8(2,3)7(13)12-9(4,5-10)6-11/h5-6H2,1-4H3,(H,12,13). The Morgan fingerprint density at radius 3 is 1.77 bits per heavy atom. The second kappa shape index (κ2) is 4.52. The molecule has 0 spiro atoms. The number of halogens is 2. The van der Waals surface area contributed by atoms with E-state index in [4.69, 9.17) is 23.2 Å². The van der Waals surface area contributed by atoms with Gasteiger partial charge in [-0.2, -0.15) is 0 Å². The Hall–Kier alpha value is 0.0500. The van der Waals surface area contributed by atoms with Crippen LogP contribution in [0.1, 0.15) is 27.7 Å². The van der Waals surface area contributed by atoms with Gasteiger partial charge in [-0.25, -0.2) is 0 Å². The van der Waals surface area contributed by atoms with Crippen LogP contribution in [0.4, 0.5) is 0 Å². The lowest BCUT2D eigenvalue weighted by Gasteiger charge is -2.30. The van der Waals surface area contributed by atoms with Crippen molar-refractivity contribution < 1.29 is 4.79 Å². The van der Waals surface area contributed by atoms with E-state index in [1.807, 2.05) is 27.7 Å². The number of amides is 1. The molecule has 0 aliphatic carbocycles. The summed E-state index contributed by atoms with van der Waals surface area (Å²) in [6.45, 7) is 7.39. The van der Waals surface area contributed by atoms with Gasteiger partial charge in [-0.3, -0.25) is 4.79 Å². The van der Waals surface area contributed by atoms with Gasteiger partial charge in [0.1, 0.15) is 0 Å². The highest BCUT2D eigenvalue weighted by Gasteiger charge is 2.29. The zero-order valence-corrected chi connectivity index (χ0v) is 10.1. The fourth-order valence-electron chi connectivity index (χ4n) is 0.564. The van der Waals surface area contributed by atoms with Crippen LogP contribution in [0.3, 0.4) is 0 Å². The van der Waals surface area contributed by atoms with Gasteiger partial charge in [-0.05, 0) is 6.92 Å². The summed E-state index contributed by atoms with van der Waals surface area (Å²) < 4.78 is 0. The van der Waals surface area contributed by atoms with Crippen LogP contribution in [0.15, 0.2) is 0 Å². The van der Waals surface area contributed by atoms with Gasteiger partial charge in [0, 0.05) is 17.2 Å². The van der Waals surface area contributed by atoms with Crippen molar-refractivity contribution in [3.05, 3.63) is 0 Å². The second-order valence-electron chi connectivity index (χ2n) is 4.53. The third kappa shape index (κ3) is 4.19. The Balaban J connectivity index is 4.35. The monoisotopic (exact) mass is 225 g/mol. The van der Waals surface area contributed by atoms with E-state index in [0.29, 0.717) is 11.8 Å². The Labute approximate surface area is 90.0 Å². The first-order valence-corrected chi connectivity index (χ1v) is 5.26. The third-order valence-electron chi connectivity index (χ3n) is 1.69. The van der Waals surface area contributed by atoms with Crippen LogP contribution in [-0.4, -0.2) is 23.2 Å². The maximum Gasteiger partial charge on any atom is 0.225 e. The molecule has 1 amide bonds. The average molecular weight is 226 g/mol. The predicted octanol–water partition coefficient (Wildman–Crippen LogP) is 2.39. The van der Waals surface area contributed by atoms with Gasteiger partial charge in [-0.15, -0.1) is 23.2 Å². The van der Waals surface area contributed by atoms with Gasteiger partial charge in [0.25, 0.3) is 0 Å². The molecule has 0 atom stereocenters. The maximum absolute atomic E-state index is 11.6. The molecule has 2 nitrogen and oxygen atoms in total. The van der Waals surface area contributed by atoms with Gasteiger partial charge in [0.15, 0.2) is 0 Å². The zero-order valence-electron chi connectivity index (χ0n) is 8.58. The fourth-order valence-corrected chi connectivity index (χ4v) is 0.983. The fraction of sp³-hybridized carbons (Fsp3) is 0.889. The molecule has 0 aliphatic heterocycles. The van der Waals surface area contributed by atoms with Crippen LogP contribution in [0.2, 0.25) is 0 Å². The quantitative estimate of drug-likeness (QED) is 0.735. The minimum Gasteiger partial charge on any atom is -0.348 e. The van der Waals surface area contributed by atoms with Gasteiger partial charge in [0.05, 0.1) is 5.54 Å². The first kappa shape index (κ1) is 13.1. The van der Waals surface area contributed by atoms with Crippen molar-refractivity contribution in [2.24, 2.45) is 5.41 Å². The van der Waals surface area contributed by atoms with Crippen LogP contribution in [-0.2, 0) is 4.79 Å². The molecule has 0 radical (unpaired) electrons. The molecule has 0 aromatic rings. The predicted molar refractivity (Wildman–Crippen MR) is 57.4 cm³/mol. The average Bonchev–Trinajstić information content (AvgIpc) is 2.02. The van der Waals surface area contributed by atoms with Gasteiger partial charge >= 0.3 is 0 Å². The van der Waals surface area contributed by atoms with Crippen molar-refractivity contribution >= 4 is 29.1 Å². The molecule has 0 aliphatic rings. The number of rotatable bonds is 3. The van der Waals surface area contributed by atoms with Crippen LogP contribution < -0.4 is 5.32 Å². The number of hydrogen-bond donors (Lipinski definition) is 1. The van der Waals surface area contributed by atoms with Gasteiger partial charge in [-0.1, -0.05) is 20.8 Å². The Kier molecular flexibility index (Phi) is 4.53. The second-order valence-corrected chi connectivity index (χ2v) is 5.07. The van der Waals surface area contributed by atoms with Gasteiger partial charge < -0.3 is 5.32 Å². The molecular weight excluding hydrogens is 209 g/mol. The summed E-state index contributed by atoms with van der Waals surface area (Å²) in [6, 6.07) is 0. The molecule has 0 unspecified atom stereocenters. The van der Waals surface area contributed by atoms with E-state index in [1.165, 1.54) is 0 Å². The van der Waals surface area contributed by atoms with Crippen molar-refractivity contribution in [3.63, 3.8) is 0 Å². The summed E-state index contributed by atoms with van der Waals surface area (Å²) >= 11 is 11.4. The molecule has 0 fully saturated rings. The maximum atomic E-state index is 11.6. The van der Waals surface area contributed by atoms with E-state index in [0.717, 1.165) is 0 Å². The summed E-state index contributed by atoms with van der Waals surface area (Å²) in [5, 5.41) is 2.83. The minimum atomic E-state index is -0.506. The van der Waals surface area contributed by atoms with Crippen LogP contribution in [0, 0.1) is 5.41 Å². The van der Waals surface area contributed by atoms with E-state index in [1.54, 1.807) is 0 Å². The van der Waals surface area contributed by atoms with Crippen molar-refractivity contribution in [2.75, 3.05) is 11.8 Å². The molecule has 4 heteroatoms. The van der Waals surface area contributed by atoms with Crippen molar-refractivity contribution in [2.45, 2.75) is 33.2 Å². The minimum absolute atomic E-state index is 0.0312. The highest BCUT2D eigenvalue weighted by molar-refractivity contribution is 6.22. The molecule has 0 saturated carbocycles. The summed E-state index contributed by atoms with van der Waals surface area (Å²) in [5.74, 6) is 0.604. The lowest BCUT2D eigenvalue weighted by atomic mass is 9.94. The lowest BCUT2D eigenvalue weighted by molar-refractivity contribution is -0.129. The molecule has 0 aromatic heterocycles. The number of carbonyl (C=O) groups is 1. The smallest absolute Gasteiger partial charge is 0.225 e. The van der Waals surface area contributed by atoms with Crippen LogP contribution in [0.25, 0.3) is 0 Å². The largest absolute Gasteiger partial charge is 0.348 e. The number of alkyl halides is 2. The van der Waals surface area contributed by atoms with Gasteiger partial charge in [0.2, 0.25) is 5.91 Å². The van der Waals surface area contributed by atoms with Crippen LogP contribution >= 0.6 is 23.2 Å². The molecule has 78 valence electrons. The Bertz CT molecular complexity index is 183. The number of nitrogens with one attached hydrogen (secondary N) is 1. The summed E-state index contributed by atoms with van der Waals surface area (Å²) in [7, 11) is 0. The SMILES string of the molecule is CC(CCl)(CCl)NC(=O)C(C)(C)C. The molecule has 0 aromatic carbocycles.